The molecule has 1 fully saturated rings. The zero-order chi connectivity index (χ0) is 12.3. The largest absolute Gasteiger partial charge is 0.315 e. The number of hydrogen-bond acceptors (Lipinski definition) is 3. The van der Waals surface area contributed by atoms with E-state index in [-0.39, 0.29) is 0 Å². The lowest BCUT2D eigenvalue weighted by molar-refractivity contribution is 0.107. The van der Waals surface area contributed by atoms with E-state index in [9.17, 15) is 0 Å². The van der Waals surface area contributed by atoms with Crippen LogP contribution in [0.4, 0.5) is 0 Å². The predicted molar refractivity (Wildman–Crippen MR) is 75.4 cm³/mol. The lowest BCUT2D eigenvalue weighted by Gasteiger charge is -2.37. The number of nitrogens with one attached hydrogen (secondary N) is 1. The Morgan fingerprint density at radius 2 is 2.12 bits per heavy atom. The van der Waals surface area contributed by atoms with Crippen molar-refractivity contribution in [2.24, 2.45) is 5.92 Å². The molecule has 2 rings (SSSR count). The molecule has 2 nitrogen and oxygen atoms in total. The maximum atomic E-state index is 3.21. The fourth-order valence-electron chi connectivity index (χ4n) is 2.62. The second-order valence-electron chi connectivity index (χ2n) is 5.23. The first-order valence-electron chi connectivity index (χ1n) is 6.67. The quantitative estimate of drug-likeness (QED) is 0.886. The molecule has 17 heavy (non-hydrogen) atoms. The first-order chi connectivity index (χ1) is 8.20. The Morgan fingerprint density at radius 3 is 2.88 bits per heavy atom. The summed E-state index contributed by atoms with van der Waals surface area (Å²) in [7, 11) is 2.01. The van der Waals surface area contributed by atoms with Gasteiger partial charge in [0.15, 0.2) is 0 Å². The van der Waals surface area contributed by atoms with Gasteiger partial charge in [0.05, 0.1) is 0 Å². The Labute approximate surface area is 109 Å². The van der Waals surface area contributed by atoms with Gasteiger partial charge >= 0.3 is 0 Å². The normalized spacial score (nSPS) is 26.3. The second kappa shape index (κ2) is 5.98. The number of likely N-dealkylation sites (tertiary alicyclic amines) is 1. The van der Waals surface area contributed by atoms with E-state index in [1.807, 2.05) is 18.4 Å². The van der Waals surface area contributed by atoms with Crippen LogP contribution in [0.2, 0.25) is 0 Å². The van der Waals surface area contributed by atoms with E-state index in [1.165, 1.54) is 29.1 Å². The topological polar surface area (TPSA) is 15.3 Å². The summed E-state index contributed by atoms with van der Waals surface area (Å²) >= 11 is 1.95. The average molecular weight is 252 g/mol. The van der Waals surface area contributed by atoms with E-state index in [0.717, 1.165) is 25.0 Å². The summed E-state index contributed by atoms with van der Waals surface area (Å²) in [4.78, 5) is 5.60. The van der Waals surface area contributed by atoms with Crippen molar-refractivity contribution in [2.45, 2.75) is 45.8 Å². The van der Waals surface area contributed by atoms with E-state index in [2.05, 4.69) is 36.2 Å². The van der Waals surface area contributed by atoms with Crippen LogP contribution < -0.4 is 5.32 Å². The van der Waals surface area contributed by atoms with Crippen molar-refractivity contribution in [3.63, 3.8) is 0 Å². The van der Waals surface area contributed by atoms with Crippen molar-refractivity contribution in [3.05, 3.63) is 21.9 Å². The highest BCUT2D eigenvalue weighted by Crippen LogP contribution is 2.26. The van der Waals surface area contributed by atoms with Crippen molar-refractivity contribution in [3.8, 4) is 0 Å². The van der Waals surface area contributed by atoms with Crippen LogP contribution in [0.15, 0.2) is 12.1 Å². The fourth-order valence-corrected chi connectivity index (χ4v) is 3.68. The van der Waals surface area contributed by atoms with Gasteiger partial charge in [-0.3, -0.25) is 4.90 Å². The van der Waals surface area contributed by atoms with E-state index < -0.39 is 0 Å². The van der Waals surface area contributed by atoms with Gasteiger partial charge in [0.2, 0.25) is 0 Å². The molecule has 0 aromatic carbocycles. The first-order valence-corrected chi connectivity index (χ1v) is 7.48. The van der Waals surface area contributed by atoms with Gasteiger partial charge in [-0.2, -0.15) is 0 Å². The molecule has 1 aliphatic rings. The molecule has 1 aromatic heterocycles. The zero-order valence-corrected chi connectivity index (χ0v) is 12.0. The molecule has 2 atom stereocenters. The van der Waals surface area contributed by atoms with Crippen molar-refractivity contribution in [1.29, 1.82) is 0 Å². The van der Waals surface area contributed by atoms with Crippen molar-refractivity contribution >= 4 is 11.3 Å². The summed E-state index contributed by atoms with van der Waals surface area (Å²) in [6.45, 7) is 8.17. The minimum atomic E-state index is 0.735. The molecule has 1 aliphatic heterocycles. The van der Waals surface area contributed by atoms with Crippen LogP contribution in [0, 0.1) is 5.92 Å². The van der Waals surface area contributed by atoms with Crippen molar-refractivity contribution < 1.29 is 0 Å². The standard InChI is InChI=1S/C14H24N2S/c1-11-5-4-8-16(12(11)2)10-14-7-6-13(17-14)9-15-3/h6-7,11-12,15H,4-5,8-10H2,1-3H3. The number of rotatable bonds is 4. The van der Waals surface area contributed by atoms with Crippen molar-refractivity contribution in [1.82, 2.24) is 10.2 Å². The molecule has 96 valence electrons. The van der Waals surface area contributed by atoms with Gasteiger partial charge in [0.25, 0.3) is 0 Å². The molecule has 0 amide bonds. The smallest absolute Gasteiger partial charge is 0.0330 e. The number of hydrogen-bond donors (Lipinski definition) is 1. The molecule has 3 heteroatoms. The van der Waals surface area contributed by atoms with E-state index >= 15 is 0 Å². The van der Waals surface area contributed by atoms with E-state index in [1.54, 1.807) is 0 Å². The molecule has 1 N–H and O–H groups in total. The Kier molecular flexibility index (Phi) is 4.60. The summed E-state index contributed by atoms with van der Waals surface area (Å²) in [6, 6.07) is 5.29. The van der Waals surface area contributed by atoms with Crippen LogP contribution in [0.3, 0.4) is 0 Å². The molecule has 1 aromatic rings. The third-order valence-electron chi connectivity index (χ3n) is 3.93. The first kappa shape index (κ1) is 13.1. The van der Waals surface area contributed by atoms with Gasteiger partial charge in [-0.05, 0) is 51.4 Å². The number of piperidine rings is 1. The molecular weight excluding hydrogens is 228 g/mol. The molecule has 2 heterocycles. The number of thiophene rings is 1. The molecule has 0 radical (unpaired) electrons. The third-order valence-corrected chi connectivity index (χ3v) is 5.00. The summed E-state index contributed by atoms with van der Waals surface area (Å²) in [5, 5.41) is 3.21. The lowest BCUT2D eigenvalue weighted by atomic mass is 9.92. The van der Waals surface area contributed by atoms with Gasteiger partial charge in [-0.25, -0.2) is 0 Å². The molecule has 0 bridgehead atoms. The maximum absolute atomic E-state index is 3.21. The highest BCUT2D eigenvalue weighted by molar-refractivity contribution is 7.11. The fraction of sp³-hybridized carbons (Fsp3) is 0.714. The average Bonchev–Trinajstić information content (AvgIpc) is 2.73. The van der Waals surface area contributed by atoms with Crippen LogP contribution in [0.1, 0.15) is 36.4 Å². The Hall–Kier alpha value is -0.380. The van der Waals surface area contributed by atoms with Gasteiger partial charge in [0, 0.05) is 28.9 Å². The summed E-state index contributed by atoms with van der Waals surface area (Å²) in [6.07, 6.45) is 2.76. The molecule has 0 spiro atoms. The summed E-state index contributed by atoms with van der Waals surface area (Å²) in [5.41, 5.74) is 0. The Bertz CT molecular complexity index is 348. The van der Waals surface area contributed by atoms with Crippen LogP contribution in [-0.4, -0.2) is 24.5 Å². The predicted octanol–water partition coefficient (Wildman–Crippen LogP) is 3.09. The van der Waals surface area contributed by atoms with Gasteiger partial charge < -0.3 is 5.32 Å². The van der Waals surface area contributed by atoms with Gasteiger partial charge in [-0.15, -0.1) is 11.3 Å². The zero-order valence-electron chi connectivity index (χ0n) is 11.2. The Morgan fingerprint density at radius 1 is 1.35 bits per heavy atom. The van der Waals surface area contributed by atoms with Crippen LogP contribution in [-0.2, 0) is 13.1 Å². The third kappa shape index (κ3) is 3.30. The Balaban J connectivity index is 1.94. The number of nitrogens with zero attached hydrogens (tertiary/aromatic N) is 1. The van der Waals surface area contributed by atoms with Crippen LogP contribution in [0.25, 0.3) is 0 Å². The SMILES string of the molecule is CNCc1ccc(CN2CCCC(C)C2C)s1. The summed E-state index contributed by atoms with van der Waals surface area (Å²) < 4.78 is 0. The van der Waals surface area contributed by atoms with E-state index in [0.29, 0.717) is 0 Å². The van der Waals surface area contributed by atoms with Crippen LogP contribution >= 0.6 is 11.3 Å². The molecule has 0 aliphatic carbocycles. The second-order valence-corrected chi connectivity index (χ2v) is 6.48. The summed E-state index contributed by atoms with van der Waals surface area (Å²) in [5.74, 6) is 0.848. The lowest BCUT2D eigenvalue weighted by Crippen LogP contribution is -2.41. The maximum Gasteiger partial charge on any atom is 0.0330 e. The minimum absolute atomic E-state index is 0.735. The highest BCUT2D eigenvalue weighted by atomic mass is 32.1. The van der Waals surface area contributed by atoms with Crippen molar-refractivity contribution in [2.75, 3.05) is 13.6 Å². The monoisotopic (exact) mass is 252 g/mol. The molecule has 0 saturated carbocycles. The highest BCUT2D eigenvalue weighted by Gasteiger charge is 2.24. The van der Waals surface area contributed by atoms with Gasteiger partial charge in [0.1, 0.15) is 0 Å². The van der Waals surface area contributed by atoms with E-state index in [4.69, 9.17) is 0 Å². The molecule has 2 unspecified atom stereocenters. The minimum Gasteiger partial charge on any atom is -0.315 e. The van der Waals surface area contributed by atoms with Crippen LogP contribution in [0.5, 0.6) is 0 Å². The molecule has 1 saturated heterocycles. The van der Waals surface area contributed by atoms with Gasteiger partial charge in [-0.1, -0.05) is 6.92 Å². The molecular formula is C14H24N2S.